The van der Waals surface area contributed by atoms with E-state index in [1.165, 1.54) is 6.07 Å². The molecule has 0 radical (unpaired) electrons. The molecule has 0 unspecified atom stereocenters. The fourth-order valence-corrected chi connectivity index (χ4v) is 3.08. The lowest BCUT2D eigenvalue weighted by Gasteiger charge is -2.34. The number of nitrogens with zero attached hydrogens (tertiary/aromatic N) is 1. The fraction of sp³-hybridized carbons (Fsp3) is 0.278. The van der Waals surface area contributed by atoms with E-state index in [4.69, 9.17) is 0 Å². The lowest BCUT2D eigenvalue weighted by Crippen LogP contribution is -2.46. The summed E-state index contributed by atoms with van der Waals surface area (Å²) in [5, 5.41) is 0. The Labute approximate surface area is 150 Å². The molecular weight excluding hydrogens is 376 g/mol. The number of anilines is 1. The van der Waals surface area contributed by atoms with Gasteiger partial charge in [0, 0.05) is 24.0 Å². The van der Waals surface area contributed by atoms with Gasteiger partial charge in [0.05, 0.1) is 5.57 Å². The number of para-hydroxylation sites is 1. The monoisotopic (exact) mass is 389 g/mol. The van der Waals surface area contributed by atoms with Gasteiger partial charge in [0.1, 0.15) is 0 Å². The third-order valence-corrected chi connectivity index (χ3v) is 4.24. The molecule has 1 heterocycles. The van der Waals surface area contributed by atoms with Gasteiger partial charge < -0.3 is 9.64 Å². The molecule has 3 nitrogen and oxygen atoms in total. The summed E-state index contributed by atoms with van der Waals surface area (Å²) in [4.78, 5) is 14.2. The number of fused-ring (bicyclic) bond motifs is 2. The number of carbonyl (C=O) groups is 1. The number of likely N-dealkylation sites (N-methyl/N-ethyl adjacent to an activating group) is 1. The number of rotatable bonds is 2. The van der Waals surface area contributed by atoms with Crippen molar-refractivity contribution < 1.29 is 35.9 Å². The molecule has 0 saturated carbocycles. The van der Waals surface area contributed by atoms with Crippen LogP contribution in [0.15, 0.2) is 53.8 Å². The summed E-state index contributed by atoms with van der Waals surface area (Å²) in [7, 11) is 1.69. The molecule has 1 aromatic carbocycles. The average molecular weight is 389 g/mol. The number of carbonyl (C=O) groups excluding carboxylic acids is 1. The molecule has 0 fully saturated rings. The van der Waals surface area contributed by atoms with Crippen molar-refractivity contribution in [1.82, 2.24) is 0 Å². The Balaban J connectivity index is 2.09. The van der Waals surface area contributed by atoms with E-state index in [0.717, 1.165) is 0 Å². The van der Waals surface area contributed by atoms with Gasteiger partial charge in [-0.1, -0.05) is 30.4 Å². The van der Waals surface area contributed by atoms with Crippen molar-refractivity contribution in [2.45, 2.75) is 24.9 Å². The molecule has 0 bridgehead atoms. The molecule has 144 valence electrons. The van der Waals surface area contributed by atoms with E-state index in [0.29, 0.717) is 17.0 Å². The van der Waals surface area contributed by atoms with Crippen LogP contribution in [0.25, 0.3) is 5.57 Å². The summed E-state index contributed by atoms with van der Waals surface area (Å²) >= 11 is 0. The zero-order valence-corrected chi connectivity index (χ0v) is 13.9. The molecule has 9 heteroatoms. The molecule has 1 aliphatic carbocycles. The molecule has 0 aromatic heterocycles. The van der Waals surface area contributed by atoms with Gasteiger partial charge in [-0.05, 0) is 24.1 Å². The van der Waals surface area contributed by atoms with Crippen molar-refractivity contribution in [3.63, 3.8) is 0 Å². The Bertz CT molecular complexity index is 849. The minimum atomic E-state index is -5.77. The number of ether oxygens (including phenoxy) is 1. The van der Waals surface area contributed by atoms with Gasteiger partial charge in [0.15, 0.2) is 0 Å². The van der Waals surface area contributed by atoms with Crippen LogP contribution < -0.4 is 4.90 Å². The Morgan fingerprint density at radius 1 is 1.11 bits per heavy atom. The second-order valence-electron chi connectivity index (χ2n) is 5.98. The van der Waals surface area contributed by atoms with Crippen LogP contribution >= 0.6 is 0 Å². The smallest absolute Gasteiger partial charge is 0.434 e. The van der Waals surface area contributed by atoms with Gasteiger partial charge in [0.2, 0.25) is 0 Å². The van der Waals surface area contributed by atoms with Gasteiger partial charge in [-0.3, -0.25) is 0 Å². The first-order chi connectivity index (χ1) is 12.5. The van der Waals surface area contributed by atoms with Crippen molar-refractivity contribution in [2.75, 3.05) is 11.9 Å². The second kappa shape index (κ2) is 6.47. The van der Waals surface area contributed by atoms with Crippen LogP contribution in [0.2, 0.25) is 0 Å². The van der Waals surface area contributed by atoms with E-state index >= 15 is 0 Å². The Morgan fingerprint density at radius 2 is 1.74 bits per heavy atom. The minimum absolute atomic E-state index is 0.178. The maximum atomic E-state index is 12.8. The predicted octanol–water partition coefficient (Wildman–Crippen LogP) is 4.77. The van der Waals surface area contributed by atoms with Crippen LogP contribution in [0.4, 0.5) is 32.0 Å². The number of allylic oxidation sites excluding steroid dienone is 4. The first-order valence-corrected chi connectivity index (χ1v) is 7.79. The number of esters is 1. The highest BCUT2D eigenvalue weighted by molar-refractivity contribution is 6.21. The number of halogens is 6. The largest absolute Gasteiger partial charge is 0.439 e. The van der Waals surface area contributed by atoms with Crippen LogP contribution in [-0.2, 0) is 9.53 Å². The average Bonchev–Trinajstić information content (AvgIpc) is 2.58. The highest BCUT2D eigenvalue weighted by Crippen LogP contribution is 2.44. The van der Waals surface area contributed by atoms with Crippen molar-refractivity contribution in [3.8, 4) is 0 Å². The van der Waals surface area contributed by atoms with Crippen molar-refractivity contribution in [2.24, 2.45) is 0 Å². The van der Waals surface area contributed by atoms with Gasteiger partial charge >= 0.3 is 18.3 Å². The zero-order chi connectivity index (χ0) is 20.0. The van der Waals surface area contributed by atoms with E-state index in [9.17, 15) is 31.1 Å². The molecule has 27 heavy (non-hydrogen) atoms. The van der Waals surface area contributed by atoms with Crippen LogP contribution in [0.1, 0.15) is 12.0 Å². The van der Waals surface area contributed by atoms with Crippen LogP contribution in [0, 0.1) is 0 Å². The molecule has 0 spiro atoms. The maximum Gasteiger partial charge on any atom is 0.434 e. The summed E-state index contributed by atoms with van der Waals surface area (Å²) in [6.07, 6.45) is -10.6. The Kier molecular flexibility index (Phi) is 4.57. The summed E-state index contributed by atoms with van der Waals surface area (Å²) < 4.78 is 80.7. The number of hydrogen-bond donors (Lipinski definition) is 0. The topological polar surface area (TPSA) is 29.5 Å². The van der Waals surface area contributed by atoms with E-state index in [1.807, 2.05) is 0 Å². The van der Waals surface area contributed by atoms with Crippen molar-refractivity contribution in [3.05, 3.63) is 59.3 Å². The van der Waals surface area contributed by atoms with E-state index in [-0.39, 0.29) is 17.6 Å². The molecule has 0 saturated heterocycles. The standard InChI is InChI=1S/C18H13F6NO2/c1-25-12-8-4-2-6-10(12)14(11-7-3-5-9-13(11)25)15(26)27-16(17(19,20)21)18(22,23)24/h2-6,8-9,16H,7H2,1H3. The number of alkyl halides is 6. The summed E-state index contributed by atoms with van der Waals surface area (Å²) in [5.41, 5.74) is 1.23. The lowest BCUT2D eigenvalue weighted by atomic mass is 9.87. The van der Waals surface area contributed by atoms with Gasteiger partial charge in [-0.25, -0.2) is 4.79 Å². The van der Waals surface area contributed by atoms with Crippen LogP contribution in [0.3, 0.4) is 0 Å². The molecule has 1 aliphatic heterocycles. The second-order valence-corrected chi connectivity index (χ2v) is 5.98. The molecule has 0 atom stereocenters. The van der Waals surface area contributed by atoms with E-state index < -0.39 is 24.4 Å². The van der Waals surface area contributed by atoms with Crippen molar-refractivity contribution in [1.29, 1.82) is 0 Å². The highest BCUT2D eigenvalue weighted by atomic mass is 19.4. The third-order valence-electron chi connectivity index (χ3n) is 4.24. The maximum absolute atomic E-state index is 12.8. The summed E-state index contributed by atoms with van der Waals surface area (Å²) in [6.45, 7) is 0. The molecular formula is C18H13F6NO2. The first kappa shape index (κ1) is 19.1. The van der Waals surface area contributed by atoms with Crippen molar-refractivity contribution >= 4 is 17.2 Å². The molecule has 1 aromatic rings. The predicted molar refractivity (Wildman–Crippen MR) is 85.6 cm³/mol. The lowest BCUT2D eigenvalue weighted by molar-refractivity contribution is -0.311. The number of hydrogen-bond acceptors (Lipinski definition) is 3. The quantitative estimate of drug-likeness (QED) is 0.539. The van der Waals surface area contributed by atoms with E-state index in [1.54, 1.807) is 48.4 Å². The highest BCUT2D eigenvalue weighted by Gasteiger charge is 2.60. The summed E-state index contributed by atoms with van der Waals surface area (Å²) in [5.74, 6) is -1.66. The molecule has 0 amide bonds. The minimum Gasteiger partial charge on any atom is -0.439 e. The normalized spacial score (nSPS) is 16.9. The SMILES string of the molecule is CN1C2=CC=CCC2=C(C(=O)OC(C(F)(F)F)C(F)(F)F)c2ccccc21. The van der Waals surface area contributed by atoms with Crippen LogP contribution in [0.5, 0.6) is 0 Å². The van der Waals surface area contributed by atoms with Gasteiger partial charge in [-0.2, -0.15) is 26.3 Å². The van der Waals surface area contributed by atoms with E-state index in [2.05, 4.69) is 4.74 Å². The molecule has 0 N–H and O–H groups in total. The van der Waals surface area contributed by atoms with Gasteiger partial charge in [0.25, 0.3) is 6.10 Å². The van der Waals surface area contributed by atoms with Crippen LogP contribution in [-0.4, -0.2) is 31.5 Å². The zero-order valence-electron chi connectivity index (χ0n) is 13.9. The third kappa shape index (κ3) is 3.45. The molecule has 3 rings (SSSR count). The Hall–Kier alpha value is -2.71. The fourth-order valence-electron chi connectivity index (χ4n) is 3.08. The summed E-state index contributed by atoms with van der Waals surface area (Å²) in [6, 6.07) is 6.26. The first-order valence-electron chi connectivity index (χ1n) is 7.79. The van der Waals surface area contributed by atoms with Gasteiger partial charge in [-0.15, -0.1) is 0 Å². The Morgan fingerprint density at radius 3 is 2.37 bits per heavy atom. The molecule has 2 aliphatic rings. The number of benzene rings is 1.